The van der Waals surface area contributed by atoms with Crippen molar-refractivity contribution in [3.63, 3.8) is 0 Å². The molecule has 1 aromatic carbocycles. The number of aryl methyl sites for hydroxylation is 1. The zero-order valence-electron chi connectivity index (χ0n) is 12.5. The van der Waals surface area contributed by atoms with Gasteiger partial charge in [-0.25, -0.2) is 4.98 Å². The van der Waals surface area contributed by atoms with Gasteiger partial charge in [0.15, 0.2) is 0 Å². The van der Waals surface area contributed by atoms with E-state index in [9.17, 15) is 4.79 Å². The first kappa shape index (κ1) is 15.5. The molecule has 2 aromatic heterocycles. The number of rotatable bonds is 4. The van der Waals surface area contributed by atoms with E-state index in [0.717, 1.165) is 28.2 Å². The summed E-state index contributed by atoms with van der Waals surface area (Å²) in [6, 6.07) is 10.2. The van der Waals surface area contributed by atoms with Gasteiger partial charge in [-0.3, -0.25) is 4.79 Å². The van der Waals surface area contributed by atoms with Crippen LogP contribution in [0.3, 0.4) is 0 Å². The molecule has 118 valence electrons. The number of imidazole rings is 1. The molecule has 0 saturated carbocycles. The predicted molar refractivity (Wildman–Crippen MR) is 89.7 cm³/mol. The first-order valence-electron chi connectivity index (χ1n) is 7.17. The molecule has 0 spiro atoms. The van der Waals surface area contributed by atoms with Gasteiger partial charge in [-0.05, 0) is 36.8 Å². The molecule has 5 nitrogen and oxygen atoms in total. The molecular formula is C17H16ClN3O2. The van der Waals surface area contributed by atoms with Crippen LogP contribution in [0.25, 0.3) is 16.9 Å². The number of hydrogen-bond acceptors (Lipinski definition) is 3. The van der Waals surface area contributed by atoms with Gasteiger partial charge in [0.25, 0.3) is 0 Å². The molecule has 1 unspecified atom stereocenters. The Morgan fingerprint density at radius 3 is 2.70 bits per heavy atom. The van der Waals surface area contributed by atoms with Crippen molar-refractivity contribution >= 4 is 23.2 Å². The van der Waals surface area contributed by atoms with Gasteiger partial charge in [0, 0.05) is 23.2 Å². The third-order valence-corrected chi connectivity index (χ3v) is 3.98. The molecule has 0 bridgehead atoms. The number of pyridine rings is 1. The summed E-state index contributed by atoms with van der Waals surface area (Å²) in [5.41, 5.74) is 9.97. The van der Waals surface area contributed by atoms with Crippen molar-refractivity contribution in [1.82, 2.24) is 9.38 Å². The van der Waals surface area contributed by atoms with Gasteiger partial charge in [-0.1, -0.05) is 23.7 Å². The van der Waals surface area contributed by atoms with E-state index in [-0.39, 0.29) is 6.42 Å². The number of hydrogen-bond donors (Lipinski definition) is 2. The first-order chi connectivity index (χ1) is 11.0. The highest BCUT2D eigenvalue weighted by molar-refractivity contribution is 6.30. The molecule has 0 aliphatic heterocycles. The lowest BCUT2D eigenvalue weighted by Gasteiger charge is -2.09. The summed E-state index contributed by atoms with van der Waals surface area (Å²) < 4.78 is 1.89. The van der Waals surface area contributed by atoms with Crippen LogP contribution in [0.2, 0.25) is 5.02 Å². The second-order valence-corrected chi connectivity index (χ2v) is 5.93. The van der Waals surface area contributed by atoms with E-state index in [1.54, 1.807) is 12.1 Å². The Labute approximate surface area is 138 Å². The van der Waals surface area contributed by atoms with Crippen LogP contribution < -0.4 is 5.73 Å². The molecule has 23 heavy (non-hydrogen) atoms. The molecule has 3 rings (SSSR count). The topological polar surface area (TPSA) is 80.6 Å². The van der Waals surface area contributed by atoms with Crippen molar-refractivity contribution in [3.05, 3.63) is 58.9 Å². The second kappa shape index (κ2) is 6.02. The number of halogens is 1. The van der Waals surface area contributed by atoms with E-state index in [2.05, 4.69) is 4.98 Å². The molecule has 1 atom stereocenters. The Balaban J connectivity index is 2.18. The van der Waals surface area contributed by atoms with E-state index in [1.807, 2.05) is 41.8 Å². The number of carboxylic acid groups (broad SMARTS) is 1. The summed E-state index contributed by atoms with van der Waals surface area (Å²) in [5.74, 6) is -1.03. The minimum absolute atomic E-state index is 0.192. The Hall–Kier alpha value is -2.37. The summed E-state index contributed by atoms with van der Waals surface area (Å²) >= 11 is 5.94. The maximum atomic E-state index is 11.1. The maximum absolute atomic E-state index is 11.1. The maximum Gasteiger partial charge on any atom is 0.320 e. The van der Waals surface area contributed by atoms with Gasteiger partial charge >= 0.3 is 5.97 Å². The molecule has 6 heteroatoms. The number of aromatic nitrogens is 2. The molecule has 3 aromatic rings. The van der Waals surface area contributed by atoms with Gasteiger partial charge in [0.05, 0.1) is 11.4 Å². The van der Waals surface area contributed by atoms with Crippen molar-refractivity contribution in [2.24, 2.45) is 5.73 Å². The van der Waals surface area contributed by atoms with Gasteiger partial charge in [0.2, 0.25) is 0 Å². The van der Waals surface area contributed by atoms with Crippen LogP contribution in [0.4, 0.5) is 0 Å². The SMILES string of the molecule is Cc1ccn2c(CC(N)C(=O)O)c(-c3ccc(Cl)cc3)nc2c1. The van der Waals surface area contributed by atoms with E-state index in [1.165, 1.54) is 0 Å². The molecule has 3 N–H and O–H groups in total. The molecule has 0 saturated heterocycles. The summed E-state index contributed by atoms with van der Waals surface area (Å²) in [4.78, 5) is 15.8. The number of carbonyl (C=O) groups is 1. The van der Waals surface area contributed by atoms with E-state index in [4.69, 9.17) is 22.4 Å². The molecule has 2 heterocycles. The highest BCUT2D eigenvalue weighted by Crippen LogP contribution is 2.27. The summed E-state index contributed by atoms with van der Waals surface area (Å²) in [5, 5.41) is 9.76. The Bertz CT molecular complexity index is 871. The normalized spacial score (nSPS) is 12.5. The van der Waals surface area contributed by atoms with Crippen molar-refractivity contribution in [3.8, 4) is 11.3 Å². The van der Waals surface area contributed by atoms with Gasteiger partial charge in [0.1, 0.15) is 11.7 Å². The molecule has 0 aliphatic rings. The van der Waals surface area contributed by atoms with Crippen LogP contribution in [0.1, 0.15) is 11.3 Å². The van der Waals surface area contributed by atoms with Crippen LogP contribution in [0.5, 0.6) is 0 Å². The summed E-state index contributed by atoms with van der Waals surface area (Å²) in [7, 11) is 0. The monoisotopic (exact) mass is 329 g/mol. The smallest absolute Gasteiger partial charge is 0.320 e. The number of benzene rings is 1. The number of aliphatic carboxylic acids is 1. The lowest BCUT2D eigenvalue weighted by molar-refractivity contribution is -0.138. The van der Waals surface area contributed by atoms with Crippen LogP contribution >= 0.6 is 11.6 Å². The Morgan fingerprint density at radius 2 is 2.04 bits per heavy atom. The van der Waals surface area contributed by atoms with E-state index >= 15 is 0 Å². The largest absolute Gasteiger partial charge is 0.480 e. The second-order valence-electron chi connectivity index (χ2n) is 5.50. The summed E-state index contributed by atoms with van der Waals surface area (Å²) in [6.07, 6.45) is 2.08. The molecule has 0 fully saturated rings. The third-order valence-electron chi connectivity index (χ3n) is 3.73. The van der Waals surface area contributed by atoms with Gasteiger partial charge in [-0.15, -0.1) is 0 Å². The van der Waals surface area contributed by atoms with Gasteiger partial charge in [-0.2, -0.15) is 0 Å². The van der Waals surface area contributed by atoms with E-state index < -0.39 is 12.0 Å². The van der Waals surface area contributed by atoms with Gasteiger partial charge < -0.3 is 15.2 Å². The lowest BCUT2D eigenvalue weighted by atomic mass is 10.1. The average molecular weight is 330 g/mol. The fraction of sp³-hybridized carbons (Fsp3) is 0.176. The van der Waals surface area contributed by atoms with Crippen LogP contribution in [-0.4, -0.2) is 26.5 Å². The highest BCUT2D eigenvalue weighted by Gasteiger charge is 2.20. The standard InChI is InChI=1S/C17H16ClN3O2/c1-10-6-7-21-14(9-13(19)17(22)23)16(20-15(21)8-10)11-2-4-12(18)5-3-11/h2-8,13H,9,19H2,1H3,(H,22,23). The average Bonchev–Trinajstić information content (AvgIpc) is 2.85. The van der Waals surface area contributed by atoms with E-state index in [0.29, 0.717) is 5.02 Å². The fourth-order valence-corrected chi connectivity index (χ4v) is 2.65. The number of nitrogens with zero attached hydrogens (tertiary/aromatic N) is 2. The van der Waals surface area contributed by atoms with Crippen molar-refractivity contribution in [2.45, 2.75) is 19.4 Å². The number of carboxylic acids is 1. The van der Waals surface area contributed by atoms with Crippen LogP contribution in [0.15, 0.2) is 42.6 Å². The molecule has 0 aliphatic carbocycles. The van der Waals surface area contributed by atoms with Crippen molar-refractivity contribution in [1.29, 1.82) is 0 Å². The first-order valence-corrected chi connectivity index (χ1v) is 7.55. The zero-order chi connectivity index (χ0) is 16.6. The number of fused-ring (bicyclic) bond motifs is 1. The molecular weight excluding hydrogens is 314 g/mol. The molecule has 0 radical (unpaired) electrons. The number of nitrogens with two attached hydrogens (primary N) is 1. The quantitative estimate of drug-likeness (QED) is 0.771. The van der Waals surface area contributed by atoms with Crippen LogP contribution in [-0.2, 0) is 11.2 Å². The minimum atomic E-state index is -1.03. The zero-order valence-corrected chi connectivity index (χ0v) is 13.3. The Kier molecular flexibility index (Phi) is 4.07. The minimum Gasteiger partial charge on any atom is -0.480 e. The highest BCUT2D eigenvalue weighted by atomic mass is 35.5. The Morgan fingerprint density at radius 1 is 1.35 bits per heavy atom. The van der Waals surface area contributed by atoms with Crippen molar-refractivity contribution < 1.29 is 9.90 Å². The van der Waals surface area contributed by atoms with Crippen molar-refractivity contribution in [2.75, 3.05) is 0 Å². The summed E-state index contributed by atoms with van der Waals surface area (Å²) in [6.45, 7) is 1.99. The lowest BCUT2D eigenvalue weighted by Crippen LogP contribution is -2.32. The van der Waals surface area contributed by atoms with Crippen LogP contribution in [0, 0.1) is 6.92 Å². The molecule has 0 amide bonds. The third kappa shape index (κ3) is 3.06. The predicted octanol–water partition coefficient (Wildman–Crippen LogP) is 2.92. The fourth-order valence-electron chi connectivity index (χ4n) is 2.53.